The summed E-state index contributed by atoms with van der Waals surface area (Å²) < 4.78 is 0. The van der Waals surface area contributed by atoms with E-state index in [0.717, 1.165) is 12.2 Å². The Morgan fingerprint density at radius 2 is 1.90 bits per heavy atom. The maximum absolute atomic E-state index is 12.5. The van der Waals surface area contributed by atoms with Gasteiger partial charge >= 0.3 is 0 Å². The van der Waals surface area contributed by atoms with Crippen LogP contribution in [-0.4, -0.2) is 29.4 Å². The van der Waals surface area contributed by atoms with E-state index >= 15 is 0 Å². The molecule has 21 heavy (non-hydrogen) atoms. The second-order valence-corrected chi connectivity index (χ2v) is 5.91. The van der Waals surface area contributed by atoms with Crippen molar-refractivity contribution in [2.75, 3.05) is 17.6 Å². The summed E-state index contributed by atoms with van der Waals surface area (Å²) in [7, 11) is 0. The third-order valence-corrected chi connectivity index (χ3v) is 4.46. The van der Waals surface area contributed by atoms with Crippen LogP contribution in [0.1, 0.15) is 46.0 Å². The van der Waals surface area contributed by atoms with Crippen LogP contribution in [0.2, 0.25) is 0 Å². The van der Waals surface area contributed by atoms with Crippen molar-refractivity contribution >= 4 is 17.3 Å². The first-order valence-corrected chi connectivity index (χ1v) is 8.04. The topological polar surface area (TPSA) is 58.4 Å². The van der Waals surface area contributed by atoms with Gasteiger partial charge < -0.3 is 11.1 Å². The molecule has 0 radical (unpaired) electrons. The standard InChI is InChI=1S/C17H27N3O/c1-3-20(16-7-5-4-6-8-16)13(2)17(21)19-15-11-9-14(18)10-12-15/h9-13,16H,3-8,18H2,1-2H3,(H,19,21). The van der Waals surface area contributed by atoms with Gasteiger partial charge in [0.05, 0.1) is 6.04 Å². The van der Waals surface area contributed by atoms with Gasteiger partial charge in [-0.2, -0.15) is 0 Å². The Morgan fingerprint density at radius 1 is 1.29 bits per heavy atom. The molecule has 1 aliphatic carbocycles. The molecule has 0 spiro atoms. The highest BCUT2D eigenvalue weighted by molar-refractivity contribution is 5.94. The van der Waals surface area contributed by atoms with Gasteiger partial charge in [-0.25, -0.2) is 0 Å². The number of amides is 1. The first kappa shape index (κ1) is 15.8. The summed E-state index contributed by atoms with van der Waals surface area (Å²) in [5.41, 5.74) is 7.18. The Balaban J connectivity index is 1.97. The lowest BCUT2D eigenvalue weighted by Crippen LogP contribution is -2.48. The largest absolute Gasteiger partial charge is 0.399 e. The van der Waals surface area contributed by atoms with Crippen molar-refractivity contribution in [1.82, 2.24) is 4.90 Å². The van der Waals surface area contributed by atoms with Crippen molar-refractivity contribution < 1.29 is 4.79 Å². The average molecular weight is 289 g/mol. The van der Waals surface area contributed by atoms with Crippen molar-refractivity contribution in [3.05, 3.63) is 24.3 Å². The second kappa shape index (κ2) is 7.46. The van der Waals surface area contributed by atoms with Gasteiger partial charge in [0, 0.05) is 17.4 Å². The Labute approximate surface area is 127 Å². The first-order valence-electron chi connectivity index (χ1n) is 8.04. The molecular formula is C17H27N3O. The van der Waals surface area contributed by atoms with E-state index in [2.05, 4.69) is 17.1 Å². The summed E-state index contributed by atoms with van der Waals surface area (Å²) in [4.78, 5) is 14.8. The number of benzene rings is 1. The van der Waals surface area contributed by atoms with E-state index in [4.69, 9.17) is 5.73 Å². The molecule has 1 saturated carbocycles. The molecule has 1 aliphatic rings. The average Bonchev–Trinajstić information content (AvgIpc) is 2.51. The monoisotopic (exact) mass is 289 g/mol. The van der Waals surface area contributed by atoms with Crippen molar-refractivity contribution in [3.63, 3.8) is 0 Å². The molecule has 0 heterocycles. The number of hydrogen-bond donors (Lipinski definition) is 2. The van der Waals surface area contributed by atoms with Crippen molar-refractivity contribution in [3.8, 4) is 0 Å². The molecule has 0 bridgehead atoms. The highest BCUT2D eigenvalue weighted by Gasteiger charge is 2.27. The Hall–Kier alpha value is -1.55. The summed E-state index contributed by atoms with van der Waals surface area (Å²) in [6.45, 7) is 5.06. The van der Waals surface area contributed by atoms with Gasteiger partial charge in [-0.15, -0.1) is 0 Å². The minimum absolute atomic E-state index is 0.0622. The molecule has 1 unspecified atom stereocenters. The SMILES string of the molecule is CCN(C1CCCCC1)C(C)C(=O)Nc1ccc(N)cc1. The summed E-state index contributed by atoms with van der Waals surface area (Å²) in [6.07, 6.45) is 6.33. The molecule has 1 atom stereocenters. The van der Waals surface area contributed by atoms with Crippen LogP contribution in [0.15, 0.2) is 24.3 Å². The maximum atomic E-state index is 12.5. The van der Waals surface area contributed by atoms with Crippen LogP contribution >= 0.6 is 0 Å². The van der Waals surface area contributed by atoms with Gasteiger partial charge in [0.15, 0.2) is 0 Å². The lowest BCUT2D eigenvalue weighted by Gasteiger charge is -2.37. The number of rotatable bonds is 5. The Morgan fingerprint density at radius 3 is 2.48 bits per heavy atom. The van der Waals surface area contributed by atoms with E-state index < -0.39 is 0 Å². The minimum atomic E-state index is -0.101. The molecular weight excluding hydrogens is 262 g/mol. The van der Waals surface area contributed by atoms with E-state index in [0.29, 0.717) is 11.7 Å². The number of hydrogen-bond acceptors (Lipinski definition) is 3. The zero-order valence-electron chi connectivity index (χ0n) is 13.1. The van der Waals surface area contributed by atoms with Crippen LogP contribution in [-0.2, 0) is 4.79 Å². The number of nitrogens with two attached hydrogens (primary N) is 1. The number of likely N-dealkylation sites (N-methyl/N-ethyl adjacent to an activating group) is 1. The van der Waals surface area contributed by atoms with Crippen LogP contribution < -0.4 is 11.1 Å². The van der Waals surface area contributed by atoms with Crippen molar-refractivity contribution in [1.29, 1.82) is 0 Å². The molecule has 0 aromatic heterocycles. The fourth-order valence-electron chi connectivity index (χ4n) is 3.22. The van der Waals surface area contributed by atoms with Crippen LogP contribution in [0.3, 0.4) is 0 Å². The third-order valence-electron chi connectivity index (χ3n) is 4.46. The molecule has 0 saturated heterocycles. The predicted molar refractivity (Wildman–Crippen MR) is 88.2 cm³/mol. The van der Waals surface area contributed by atoms with Crippen molar-refractivity contribution in [2.45, 2.75) is 58.0 Å². The van der Waals surface area contributed by atoms with Crippen molar-refractivity contribution in [2.24, 2.45) is 0 Å². The molecule has 116 valence electrons. The summed E-state index contributed by atoms with van der Waals surface area (Å²) in [6, 6.07) is 7.75. The Kier molecular flexibility index (Phi) is 5.62. The number of carbonyl (C=O) groups is 1. The highest BCUT2D eigenvalue weighted by atomic mass is 16.2. The summed E-state index contributed by atoms with van der Waals surface area (Å²) in [5.74, 6) is 0.0622. The smallest absolute Gasteiger partial charge is 0.241 e. The summed E-state index contributed by atoms with van der Waals surface area (Å²) in [5, 5.41) is 2.99. The first-order chi connectivity index (χ1) is 10.1. The van der Waals surface area contributed by atoms with E-state index in [1.807, 2.05) is 19.1 Å². The fourth-order valence-corrected chi connectivity index (χ4v) is 3.22. The van der Waals surface area contributed by atoms with Crippen LogP contribution in [0.4, 0.5) is 11.4 Å². The fraction of sp³-hybridized carbons (Fsp3) is 0.588. The van der Waals surface area contributed by atoms with Gasteiger partial charge in [0.1, 0.15) is 0 Å². The van der Waals surface area contributed by atoms with E-state index in [9.17, 15) is 4.79 Å². The van der Waals surface area contributed by atoms with Crippen LogP contribution in [0, 0.1) is 0 Å². The molecule has 0 aliphatic heterocycles. The third kappa shape index (κ3) is 4.21. The molecule has 1 amide bonds. The molecule has 4 nitrogen and oxygen atoms in total. The number of nitrogen functional groups attached to an aromatic ring is 1. The van der Waals surface area contributed by atoms with Crippen LogP contribution in [0.5, 0.6) is 0 Å². The second-order valence-electron chi connectivity index (χ2n) is 5.91. The number of nitrogens with zero attached hydrogens (tertiary/aromatic N) is 1. The lowest BCUT2D eigenvalue weighted by molar-refractivity contribution is -0.121. The highest BCUT2D eigenvalue weighted by Crippen LogP contribution is 2.24. The normalized spacial score (nSPS) is 17.7. The van der Waals surface area contributed by atoms with Gasteiger partial charge in [-0.05, 0) is 50.6 Å². The molecule has 1 fully saturated rings. The number of nitrogens with one attached hydrogen (secondary N) is 1. The van der Waals surface area contributed by atoms with Gasteiger partial charge in [-0.3, -0.25) is 9.69 Å². The molecule has 4 heteroatoms. The lowest BCUT2D eigenvalue weighted by atomic mass is 9.93. The zero-order chi connectivity index (χ0) is 15.2. The molecule has 1 aromatic rings. The van der Waals surface area contributed by atoms with E-state index in [-0.39, 0.29) is 11.9 Å². The van der Waals surface area contributed by atoms with Gasteiger partial charge in [0.2, 0.25) is 5.91 Å². The molecule has 1 aromatic carbocycles. The minimum Gasteiger partial charge on any atom is -0.399 e. The molecule has 2 rings (SSSR count). The summed E-state index contributed by atoms with van der Waals surface area (Å²) >= 11 is 0. The van der Waals surface area contributed by atoms with Crippen LogP contribution in [0.25, 0.3) is 0 Å². The predicted octanol–water partition coefficient (Wildman–Crippen LogP) is 3.25. The molecule has 3 N–H and O–H groups in total. The van der Waals surface area contributed by atoms with Gasteiger partial charge in [0.25, 0.3) is 0 Å². The van der Waals surface area contributed by atoms with Gasteiger partial charge in [-0.1, -0.05) is 26.2 Å². The zero-order valence-corrected chi connectivity index (χ0v) is 13.1. The van der Waals surface area contributed by atoms with E-state index in [1.165, 1.54) is 32.1 Å². The number of anilines is 2. The number of carbonyl (C=O) groups excluding carboxylic acids is 1. The van der Waals surface area contributed by atoms with E-state index in [1.54, 1.807) is 12.1 Å². The quantitative estimate of drug-likeness (QED) is 0.818. The maximum Gasteiger partial charge on any atom is 0.241 e. The Bertz CT molecular complexity index is 452.